The second-order valence-corrected chi connectivity index (χ2v) is 8.59. The highest BCUT2D eigenvalue weighted by Crippen LogP contribution is 2.34. The highest BCUT2D eigenvalue weighted by atomic mass is 32.2. The molecule has 0 aliphatic carbocycles. The fraction of sp³-hybridized carbons (Fsp3) is 0.280. The Labute approximate surface area is 186 Å². The molecular weight excluding hydrogens is 408 g/mol. The van der Waals surface area contributed by atoms with E-state index in [0.717, 1.165) is 58.9 Å². The maximum Gasteiger partial charge on any atom is 0.293 e. The second kappa shape index (κ2) is 9.43. The Bertz CT molecular complexity index is 1150. The zero-order valence-corrected chi connectivity index (χ0v) is 18.7. The Morgan fingerprint density at radius 2 is 1.81 bits per heavy atom. The third-order valence-corrected chi connectivity index (χ3v) is 6.23. The standard InChI is InChI=1S/C25H26N2O3S/c1-3-13-27-24(28)23(31-25(27)29)16-19-17-26(21-11-6-5-10-20(19)21)14-8-15-30-22-12-7-4-9-18(22)2/h4-7,9-12,16-17H,3,8,13-15H2,1-2H3/b23-16-. The molecule has 1 aliphatic rings. The van der Waals surface area contributed by atoms with Gasteiger partial charge in [0.15, 0.2) is 0 Å². The quantitative estimate of drug-likeness (QED) is 0.329. The molecule has 4 rings (SSSR count). The number of hydrogen-bond donors (Lipinski definition) is 0. The minimum Gasteiger partial charge on any atom is -0.493 e. The van der Waals surface area contributed by atoms with E-state index in [2.05, 4.69) is 22.9 Å². The van der Waals surface area contributed by atoms with Crippen LogP contribution in [0, 0.1) is 6.92 Å². The molecule has 0 radical (unpaired) electrons. The van der Waals surface area contributed by atoms with Crippen molar-refractivity contribution in [2.45, 2.75) is 33.2 Å². The molecule has 2 amide bonds. The van der Waals surface area contributed by atoms with Crippen molar-refractivity contribution in [2.75, 3.05) is 13.2 Å². The van der Waals surface area contributed by atoms with Gasteiger partial charge in [0.05, 0.1) is 11.5 Å². The van der Waals surface area contributed by atoms with Gasteiger partial charge in [-0.15, -0.1) is 0 Å². The molecule has 1 saturated heterocycles. The highest BCUT2D eigenvalue weighted by Gasteiger charge is 2.34. The van der Waals surface area contributed by atoms with E-state index in [4.69, 9.17) is 4.74 Å². The lowest BCUT2D eigenvalue weighted by molar-refractivity contribution is -0.122. The molecule has 31 heavy (non-hydrogen) atoms. The predicted molar refractivity (Wildman–Crippen MR) is 126 cm³/mol. The summed E-state index contributed by atoms with van der Waals surface area (Å²) in [4.78, 5) is 26.6. The number of hydrogen-bond acceptors (Lipinski definition) is 4. The van der Waals surface area contributed by atoms with E-state index in [9.17, 15) is 9.59 Å². The fourth-order valence-corrected chi connectivity index (χ4v) is 4.62. The first-order valence-electron chi connectivity index (χ1n) is 10.6. The first-order chi connectivity index (χ1) is 15.1. The summed E-state index contributed by atoms with van der Waals surface area (Å²) in [5, 5.41) is 0.889. The van der Waals surface area contributed by atoms with E-state index in [-0.39, 0.29) is 11.1 Å². The molecule has 1 aliphatic heterocycles. The molecule has 1 aromatic heterocycles. The number of carbonyl (C=O) groups is 2. The van der Waals surface area contributed by atoms with Crippen molar-refractivity contribution in [1.29, 1.82) is 0 Å². The second-order valence-electron chi connectivity index (χ2n) is 7.60. The van der Waals surface area contributed by atoms with Crippen LogP contribution in [0.5, 0.6) is 5.75 Å². The van der Waals surface area contributed by atoms with E-state index in [1.165, 1.54) is 4.90 Å². The lowest BCUT2D eigenvalue weighted by Gasteiger charge is -2.09. The number of thioether (sulfide) groups is 1. The summed E-state index contributed by atoms with van der Waals surface area (Å²) in [7, 11) is 0. The molecule has 2 heterocycles. The van der Waals surface area contributed by atoms with Crippen molar-refractivity contribution in [2.24, 2.45) is 0 Å². The molecular formula is C25H26N2O3S. The van der Waals surface area contributed by atoms with Crippen molar-refractivity contribution in [1.82, 2.24) is 9.47 Å². The van der Waals surface area contributed by atoms with Crippen LogP contribution in [0.3, 0.4) is 0 Å². The van der Waals surface area contributed by atoms with Gasteiger partial charge in [-0.3, -0.25) is 14.5 Å². The van der Waals surface area contributed by atoms with Crippen LogP contribution in [-0.4, -0.2) is 33.8 Å². The largest absolute Gasteiger partial charge is 0.493 e. The number of nitrogens with zero attached hydrogens (tertiary/aromatic N) is 2. The number of carbonyl (C=O) groups excluding carboxylic acids is 2. The maximum atomic E-state index is 12.6. The minimum atomic E-state index is -0.194. The number of fused-ring (bicyclic) bond motifs is 1. The number of imide groups is 1. The zero-order chi connectivity index (χ0) is 21.8. The van der Waals surface area contributed by atoms with Crippen LogP contribution in [-0.2, 0) is 11.3 Å². The molecule has 0 N–H and O–H groups in total. The summed E-state index contributed by atoms with van der Waals surface area (Å²) < 4.78 is 8.12. The zero-order valence-electron chi connectivity index (χ0n) is 17.8. The number of benzene rings is 2. The smallest absolute Gasteiger partial charge is 0.293 e. The molecule has 160 valence electrons. The van der Waals surface area contributed by atoms with Crippen molar-refractivity contribution in [3.05, 3.63) is 70.8 Å². The topological polar surface area (TPSA) is 51.5 Å². The van der Waals surface area contributed by atoms with Crippen LogP contribution in [0.25, 0.3) is 17.0 Å². The first kappa shape index (κ1) is 21.2. The number of amides is 2. The molecule has 3 aromatic rings. The monoisotopic (exact) mass is 434 g/mol. The van der Waals surface area contributed by atoms with Gasteiger partial charge in [-0.2, -0.15) is 0 Å². The van der Waals surface area contributed by atoms with Gasteiger partial charge in [-0.05, 0) is 55.3 Å². The average Bonchev–Trinajstić information content (AvgIpc) is 3.25. The van der Waals surface area contributed by atoms with Gasteiger partial charge in [0.2, 0.25) is 0 Å². The summed E-state index contributed by atoms with van der Waals surface area (Å²) in [6, 6.07) is 16.2. The summed E-state index contributed by atoms with van der Waals surface area (Å²) in [5.74, 6) is 0.726. The summed E-state index contributed by atoms with van der Waals surface area (Å²) in [6.07, 6.45) is 5.53. The number of ether oxygens (including phenoxy) is 1. The van der Waals surface area contributed by atoms with E-state index >= 15 is 0 Å². The highest BCUT2D eigenvalue weighted by molar-refractivity contribution is 8.18. The third kappa shape index (κ3) is 4.54. The van der Waals surface area contributed by atoms with E-state index in [1.807, 2.05) is 56.3 Å². The molecule has 0 atom stereocenters. The molecule has 0 spiro atoms. The number of aromatic nitrogens is 1. The van der Waals surface area contributed by atoms with Crippen LogP contribution < -0.4 is 4.74 Å². The van der Waals surface area contributed by atoms with Crippen LogP contribution in [0.4, 0.5) is 4.79 Å². The van der Waals surface area contributed by atoms with Gasteiger partial charge in [0.1, 0.15) is 5.75 Å². The third-order valence-electron chi connectivity index (χ3n) is 5.32. The van der Waals surface area contributed by atoms with Gasteiger partial charge in [-0.1, -0.05) is 43.3 Å². The average molecular weight is 435 g/mol. The molecule has 0 unspecified atom stereocenters. The summed E-state index contributed by atoms with van der Waals surface area (Å²) >= 11 is 1.02. The lowest BCUT2D eigenvalue weighted by Crippen LogP contribution is -2.28. The Morgan fingerprint density at radius 3 is 2.61 bits per heavy atom. The Kier molecular flexibility index (Phi) is 6.47. The van der Waals surface area contributed by atoms with Crippen molar-refractivity contribution in [3.8, 4) is 5.75 Å². The van der Waals surface area contributed by atoms with E-state index in [0.29, 0.717) is 18.1 Å². The molecule has 0 saturated carbocycles. The van der Waals surface area contributed by atoms with Crippen LogP contribution >= 0.6 is 11.8 Å². The van der Waals surface area contributed by atoms with E-state index < -0.39 is 0 Å². The van der Waals surface area contributed by atoms with Gasteiger partial charge >= 0.3 is 0 Å². The number of rotatable bonds is 8. The molecule has 0 bridgehead atoms. The van der Waals surface area contributed by atoms with Crippen LogP contribution in [0.15, 0.2) is 59.6 Å². The fourth-order valence-electron chi connectivity index (χ4n) is 3.77. The molecule has 5 nitrogen and oxygen atoms in total. The van der Waals surface area contributed by atoms with Crippen molar-refractivity contribution < 1.29 is 14.3 Å². The minimum absolute atomic E-state index is 0.185. The summed E-state index contributed by atoms with van der Waals surface area (Å²) in [5.41, 5.74) is 3.20. The Hall–Kier alpha value is -2.99. The van der Waals surface area contributed by atoms with E-state index in [1.54, 1.807) is 0 Å². The number of para-hydroxylation sites is 2. The van der Waals surface area contributed by atoms with Crippen LogP contribution in [0.1, 0.15) is 30.9 Å². The first-order valence-corrected chi connectivity index (χ1v) is 11.4. The summed E-state index contributed by atoms with van der Waals surface area (Å²) in [6.45, 7) is 5.90. The molecule has 1 fully saturated rings. The van der Waals surface area contributed by atoms with Gasteiger partial charge in [-0.25, -0.2) is 0 Å². The maximum absolute atomic E-state index is 12.6. The molecule has 2 aromatic carbocycles. The Balaban J connectivity index is 1.51. The lowest BCUT2D eigenvalue weighted by atomic mass is 10.1. The van der Waals surface area contributed by atoms with Crippen molar-refractivity contribution >= 4 is 39.9 Å². The van der Waals surface area contributed by atoms with Gasteiger partial charge in [0, 0.05) is 35.8 Å². The van der Waals surface area contributed by atoms with Gasteiger partial charge < -0.3 is 9.30 Å². The SMILES string of the molecule is CCCN1C(=O)S/C(=C\c2cn(CCCOc3ccccc3C)c3ccccc23)C1=O. The van der Waals surface area contributed by atoms with Crippen molar-refractivity contribution in [3.63, 3.8) is 0 Å². The van der Waals surface area contributed by atoms with Gasteiger partial charge in [0.25, 0.3) is 11.1 Å². The normalized spacial score (nSPS) is 15.4. The van der Waals surface area contributed by atoms with Crippen LogP contribution in [0.2, 0.25) is 0 Å². The molecule has 6 heteroatoms. The Morgan fingerprint density at radius 1 is 1.03 bits per heavy atom. The number of aryl methyl sites for hydroxylation is 2. The predicted octanol–water partition coefficient (Wildman–Crippen LogP) is 5.87.